The highest BCUT2D eigenvalue weighted by atomic mass is 32.2. The normalized spacial score (nSPS) is 14.5. The molecular weight excluding hydrogens is 309 g/mol. The van der Waals surface area contributed by atoms with Gasteiger partial charge in [0.1, 0.15) is 5.69 Å². The highest BCUT2D eigenvalue weighted by Crippen LogP contribution is 2.34. The largest absolute Gasteiger partial charge is 0.416 e. The first-order valence-corrected chi connectivity index (χ1v) is 7.66. The van der Waals surface area contributed by atoms with Gasteiger partial charge in [-0.05, 0) is 18.6 Å². The Morgan fingerprint density at radius 3 is 2.52 bits per heavy atom. The number of alkyl halides is 3. The van der Waals surface area contributed by atoms with E-state index in [0.29, 0.717) is 12.5 Å². The van der Waals surface area contributed by atoms with Gasteiger partial charge in [0.2, 0.25) is 0 Å². The average Bonchev–Trinajstić information content (AvgIpc) is 2.37. The van der Waals surface area contributed by atoms with Crippen molar-refractivity contribution in [3.63, 3.8) is 0 Å². The molecule has 0 amide bonds. The maximum Gasteiger partial charge on any atom is 0.416 e. The van der Waals surface area contributed by atoms with Crippen LogP contribution >= 0.6 is 0 Å². The highest BCUT2D eigenvalue weighted by molar-refractivity contribution is 7.84. The fraction of sp³-hybridized carbons (Fsp3) is 0.500. The number of benzene rings is 1. The minimum Gasteiger partial charge on any atom is -0.379 e. The van der Waals surface area contributed by atoms with Gasteiger partial charge in [-0.25, -0.2) is 0 Å². The molecule has 0 aliphatic rings. The molecule has 1 N–H and O–H groups in total. The molecule has 0 radical (unpaired) electrons. The van der Waals surface area contributed by atoms with E-state index >= 15 is 0 Å². The standard InChI is InChI=1S/C12H15F3N2O3S/c1-8(21(2)20)5-6-16-10-4-3-9(12(13,14)15)7-11(10)17(18)19/h3-4,7-8,16H,5-6H2,1-2H3. The number of anilines is 1. The van der Waals surface area contributed by atoms with Crippen LogP contribution in [0.1, 0.15) is 18.9 Å². The Bertz CT molecular complexity index is 549. The van der Waals surface area contributed by atoms with Gasteiger partial charge in [0.05, 0.1) is 10.5 Å². The summed E-state index contributed by atoms with van der Waals surface area (Å²) < 4.78 is 48.8. The lowest BCUT2D eigenvalue weighted by atomic mass is 10.1. The second-order valence-electron chi connectivity index (χ2n) is 4.51. The van der Waals surface area contributed by atoms with Gasteiger partial charge in [-0.1, -0.05) is 6.92 Å². The number of nitrogens with zero attached hydrogens (tertiary/aromatic N) is 1. The molecule has 0 saturated heterocycles. The van der Waals surface area contributed by atoms with Gasteiger partial charge in [-0.2, -0.15) is 13.2 Å². The molecular formula is C12H15F3N2O3S. The molecule has 0 aromatic heterocycles. The number of nitro benzene ring substituents is 1. The van der Waals surface area contributed by atoms with Crippen molar-refractivity contribution >= 4 is 22.2 Å². The van der Waals surface area contributed by atoms with Crippen molar-refractivity contribution < 1.29 is 22.3 Å². The van der Waals surface area contributed by atoms with Crippen LogP contribution in [0.15, 0.2) is 18.2 Å². The summed E-state index contributed by atoms with van der Waals surface area (Å²) in [4.78, 5) is 9.99. The predicted octanol–water partition coefficient (Wildman–Crippen LogP) is 3.18. The molecule has 0 bridgehead atoms. The lowest BCUT2D eigenvalue weighted by Gasteiger charge is -2.12. The van der Waals surface area contributed by atoms with Crippen molar-refractivity contribution in [1.82, 2.24) is 0 Å². The highest BCUT2D eigenvalue weighted by Gasteiger charge is 2.32. The Labute approximate surface area is 122 Å². The zero-order chi connectivity index (χ0) is 16.2. The van der Waals surface area contributed by atoms with Crippen LogP contribution in [-0.4, -0.2) is 27.2 Å². The van der Waals surface area contributed by atoms with Gasteiger partial charge in [-0.15, -0.1) is 0 Å². The first-order chi connectivity index (χ1) is 9.62. The molecule has 0 aliphatic carbocycles. The molecule has 0 fully saturated rings. The molecule has 21 heavy (non-hydrogen) atoms. The number of nitrogens with one attached hydrogen (secondary N) is 1. The Morgan fingerprint density at radius 2 is 2.05 bits per heavy atom. The Morgan fingerprint density at radius 1 is 1.43 bits per heavy atom. The molecule has 2 atom stereocenters. The maximum atomic E-state index is 12.5. The van der Waals surface area contributed by atoms with Crippen LogP contribution < -0.4 is 5.32 Å². The van der Waals surface area contributed by atoms with Crippen LogP contribution in [0.2, 0.25) is 0 Å². The van der Waals surface area contributed by atoms with Crippen molar-refractivity contribution in [2.75, 3.05) is 18.1 Å². The first kappa shape index (κ1) is 17.4. The second-order valence-corrected chi connectivity index (χ2v) is 6.31. The van der Waals surface area contributed by atoms with Crippen molar-refractivity contribution in [1.29, 1.82) is 0 Å². The Balaban J connectivity index is 2.88. The van der Waals surface area contributed by atoms with Crippen LogP contribution in [0.3, 0.4) is 0 Å². The number of hydrogen-bond donors (Lipinski definition) is 1. The summed E-state index contributed by atoms with van der Waals surface area (Å²) in [5, 5.41) is 13.5. The van der Waals surface area contributed by atoms with E-state index in [9.17, 15) is 27.5 Å². The molecule has 1 rings (SSSR count). The van der Waals surface area contributed by atoms with E-state index in [1.54, 1.807) is 13.2 Å². The van der Waals surface area contributed by atoms with Crippen LogP contribution in [0.25, 0.3) is 0 Å². The molecule has 0 saturated carbocycles. The predicted molar refractivity (Wildman–Crippen MR) is 74.7 cm³/mol. The smallest absolute Gasteiger partial charge is 0.379 e. The van der Waals surface area contributed by atoms with Gasteiger partial charge in [0, 0.05) is 34.9 Å². The van der Waals surface area contributed by atoms with Crippen LogP contribution in [-0.2, 0) is 17.0 Å². The fourth-order valence-corrected chi connectivity index (χ4v) is 2.03. The molecule has 5 nitrogen and oxygen atoms in total. The zero-order valence-corrected chi connectivity index (χ0v) is 12.3. The summed E-state index contributed by atoms with van der Waals surface area (Å²) >= 11 is 0. The van der Waals surface area contributed by atoms with Crippen LogP contribution in [0, 0.1) is 10.1 Å². The van der Waals surface area contributed by atoms with E-state index in [1.807, 2.05) is 0 Å². The zero-order valence-electron chi connectivity index (χ0n) is 11.4. The van der Waals surface area contributed by atoms with E-state index in [0.717, 1.165) is 12.1 Å². The van der Waals surface area contributed by atoms with Gasteiger partial charge in [0.25, 0.3) is 5.69 Å². The summed E-state index contributed by atoms with van der Waals surface area (Å²) in [6.45, 7) is 2.05. The third-order valence-electron chi connectivity index (χ3n) is 2.95. The summed E-state index contributed by atoms with van der Waals surface area (Å²) in [6, 6.07) is 2.33. The lowest BCUT2D eigenvalue weighted by Crippen LogP contribution is -2.15. The first-order valence-electron chi connectivity index (χ1n) is 6.04. The van der Waals surface area contributed by atoms with Crippen molar-refractivity contribution in [3.8, 4) is 0 Å². The third kappa shape index (κ3) is 5.00. The maximum absolute atomic E-state index is 12.5. The van der Waals surface area contributed by atoms with Crippen molar-refractivity contribution in [2.45, 2.75) is 24.8 Å². The van der Waals surface area contributed by atoms with E-state index in [4.69, 9.17) is 0 Å². The molecule has 0 aliphatic heterocycles. The van der Waals surface area contributed by atoms with Crippen molar-refractivity contribution in [3.05, 3.63) is 33.9 Å². The lowest BCUT2D eigenvalue weighted by molar-refractivity contribution is -0.384. The quantitative estimate of drug-likeness (QED) is 0.644. The van der Waals surface area contributed by atoms with E-state index in [1.165, 1.54) is 0 Å². The molecule has 2 unspecified atom stereocenters. The van der Waals surface area contributed by atoms with E-state index in [2.05, 4.69) is 5.32 Å². The molecule has 9 heteroatoms. The second kappa shape index (κ2) is 6.88. The van der Waals surface area contributed by atoms with Gasteiger partial charge < -0.3 is 5.32 Å². The van der Waals surface area contributed by atoms with Gasteiger partial charge in [0.15, 0.2) is 0 Å². The minimum absolute atomic E-state index is 0.0158. The average molecular weight is 324 g/mol. The number of nitro groups is 1. The number of halogens is 3. The summed E-state index contributed by atoms with van der Waals surface area (Å²) in [6.07, 6.45) is -2.59. The van der Waals surface area contributed by atoms with Crippen LogP contribution in [0.5, 0.6) is 0 Å². The number of hydrogen-bond acceptors (Lipinski definition) is 4. The molecule has 0 heterocycles. The monoisotopic (exact) mass is 324 g/mol. The Hall–Kier alpha value is -1.64. The SMILES string of the molecule is CC(CCNc1ccc(C(F)(F)F)cc1[N+](=O)[O-])S(C)=O. The van der Waals surface area contributed by atoms with Gasteiger partial charge >= 0.3 is 6.18 Å². The molecule has 1 aromatic carbocycles. The fourth-order valence-electron chi connectivity index (χ4n) is 1.58. The molecule has 0 spiro atoms. The third-order valence-corrected chi connectivity index (χ3v) is 4.32. The van der Waals surface area contributed by atoms with Crippen LogP contribution in [0.4, 0.5) is 24.5 Å². The summed E-state index contributed by atoms with van der Waals surface area (Å²) in [5.74, 6) is 0. The van der Waals surface area contributed by atoms with E-state index < -0.39 is 33.2 Å². The number of rotatable bonds is 6. The Kier molecular flexibility index (Phi) is 5.70. The molecule has 118 valence electrons. The topological polar surface area (TPSA) is 72.2 Å². The summed E-state index contributed by atoms with van der Waals surface area (Å²) in [5.41, 5.74) is -1.68. The minimum atomic E-state index is -4.63. The van der Waals surface area contributed by atoms with Crippen molar-refractivity contribution in [2.24, 2.45) is 0 Å². The summed E-state index contributed by atoms with van der Waals surface area (Å²) in [7, 11) is -1.02. The van der Waals surface area contributed by atoms with E-state index in [-0.39, 0.29) is 17.5 Å². The molecule has 1 aromatic rings. The van der Waals surface area contributed by atoms with Gasteiger partial charge in [-0.3, -0.25) is 14.3 Å².